The monoisotopic (exact) mass is 639 g/mol. The van der Waals surface area contributed by atoms with E-state index in [2.05, 4.69) is 28.2 Å². The second-order valence-electron chi connectivity index (χ2n) is 11.8. The number of likely N-dealkylation sites (N-methyl/N-ethyl adjacent to an activating group) is 1. The van der Waals surface area contributed by atoms with Gasteiger partial charge in [-0.3, -0.25) is 0 Å². The molecule has 2 saturated heterocycles. The number of ether oxygens (including phenoxy) is 1. The van der Waals surface area contributed by atoms with Crippen molar-refractivity contribution in [3.63, 3.8) is 0 Å². The van der Waals surface area contributed by atoms with Gasteiger partial charge in [0.05, 0.1) is 22.8 Å². The number of hydrogen-bond donors (Lipinski definition) is 1. The maximum absolute atomic E-state index is 13.7. The van der Waals surface area contributed by atoms with Gasteiger partial charge in [0.15, 0.2) is 0 Å². The summed E-state index contributed by atoms with van der Waals surface area (Å²) >= 11 is 6.33. The second-order valence-corrected chi connectivity index (χ2v) is 14.2. The first-order valence-electron chi connectivity index (χ1n) is 15.1. The standard InChI is InChI=1S/C33H42ClN5O4S/c1-24-8-13-31(25(2)20-24)43-32-21-27(34)10-9-26(32)23-37(4)33(40)35-29-22-28(44(41,42)39-14-6-5-7-15-39)11-12-30(29)38-18-16-36(3)17-19-38/h8-13,20-22H,5-7,14-19,23H2,1-4H3,(H,35,40). The van der Waals surface area contributed by atoms with E-state index in [0.29, 0.717) is 29.5 Å². The first-order chi connectivity index (χ1) is 21.0. The van der Waals surface area contributed by atoms with Crippen molar-refractivity contribution in [3.05, 3.63) is 76.3 Å². The van der Waals surface area contributed by atoms with Crippen molar-refractivity contribution in [1.82, 2.24) is 14.1 Å². The minimum atomic E-state index is -3.68. The van der Waals surface area contributed by atoms with Crippen molar-refractivity contribution >= 4 is 39.0 Å². The number of amides is 2. The van der Waals surface area contributed by atoms with Crippen molar-refractivity contribution in [2.24, 2.45) is 0 Å². The number of urea groups is 1. The van der Waals surface area contributed by atoms with E-state index < -0.39 is 10.0 Å². The summed E-state index contributed by atoms with van der Waals surface area (Å²) in [4.78, 5) is 19.8. The summed E-state index contributed by atoms with van der Waals surface area (Å²) in [7, 11) is 0.106. The van der Waals surface area contributed by atoms with Crippen LogP contribution in [0.3, 0.4) is 0 Å². The van der Waals surface area contributed by atoms with Gasteiger partial charge in [-0.2, -0.15) is 4.31 Å². The number of carbonyl (C=O) groups is 1. The molecule has 44 heavy (non-hydrogen) atoms. The number of halogens is 1. The molecular formula is C33H42ClN5O4S. The third-order valence-electron chi connectivity index (χ3n) is 8.34. The number of anilines is 2. The molecule has 1 N–H and O–H groups in total. The van der Waals surface area contributed by atoms with Crippen LogP contribution >= 0.6 is 11.6 Å². The fourth-order valence-electron chi connectivity index (χ4n) is 5.68. The molecule has 5 rings (SSSR count). The summed E-state index contributed by atoms with van der Waals surface area (Å²) < 4.78 is 34.9. The Balaban J connectivity index is 1.39. The summed E-state index contributed by atoms with van der Waals surface area (Å²) in [5.74, 6) is 1.28. The number of nitrogens with zero attached hydrogens (tertiary/aromatic N) is 4. The van der Waals surface area contributed by atoms with Gasteiger partial charge in [0.1, 0.15) is 11.5 Å². The number of hydrogen-bond acceptors (Lipinski definition) is 6. The van der Waals surface area contributed by atoms with Crippen LogP contribution < -0.4 is 15.0 Å². The molecule has 236 valence electrons. The van der Waals surface area contributed by atoms with Crippen molar-refractivity contribution in [2.75, 3.05) is 63.6 Å². The maximum atomic E-state index is 13.7. The molecular weight excluding hydrogens is 598 g/mol. The van der Waals surface area contributed by atoms with Crippen LogP contribution in [-0.2, 0) is 16.6 Å². The Morgan fingerprint density at radius 3 is 2.34 bits per heavy atom. The molecule has 0 aliphatic carbocycles. The fraction of sp³-hybridized carbons (Fsp3) is 0.424. The molecule has 0 radical (unpaired) electrons. The largest absolute Gasteiger partial charge is 0.457 e. The molecule has 0 unspecified atom stereocenters. The summed E-state index contributed by atoms with van der Waals surface area (Å²) in [6.45, 7) is 8.60. The zero-order valence-electron chi connectivity index (χ0n) is 26.0. The van der Waals surface area contributed by atoms with Gasteiger partial charge in [0, 0.05) is 56.9 Å². The average molecular weight is 640 g/mol. The van der Waals surface area contributed by atoms with E-state index in [4.69, 9.17) is 16.3 Å². The molecule has 11 heteroatoms. The normalized spacial score (nSPS) is 16.5. The Kier molecular flexibility index (Phi) is 10.0. The van der Waals surface area contributed by atoms with Gasteiger partial charge in [-0.25, -0.2) is 13.2 Å². The SMILES string of the molecule is Cc1ccc(Oc2cc(Cl)ccc2CN(C)C(=O)Nc2cc(S(=O)(=O)N3CCCCC3)ccc2N2CCN(C)CC2)c(C)c1. The van der Waals surface area contributed by atoms with Crippen molar-refractivity contribution in [2.45, 2.75) is 44.6 Å². The van der Waals surface area contributed by atoms with Gasteiger partial charge in [-0.05, 0) is 75.7 Å². The number of benzene rings is 3. The van der Waals surface area contributed by atoms with E-state index >= 15 is 0 Å². The average Bonchev–Trinajstić information content (AvgIpc) is 3.00. The fourth-order valence-corrected chi connectivity index (χ4v) is 7.38. The number of piperidine rings is 1. The minimum absolute atomic E-state index is 0.192. The number of sulfonamides is 1. The molecule has 0 atom stereocenters. The smallest absolute Gasteiger partial charge is 0.321 e. The number of aryl methyl sites for hydroxylation is 2. The zero-order valence-corrected chi connectivity index (χ0v) is 27.5. The number of carbonyl (C=O) groups excluding carboxylic acids is 1. The molecule has 0 saturated carbocycles. The van der Waals surface area contributed by atoms with Crippen LogP contribution in [0.5, 0.6) is 11.5 Å². The molecule has 2 amide bonds. The van der Waals surface area contributed by atoms with E-state index in [1.165, 1.54) is 0 Å². The number of nitrogens with one attached hydrogen (secondary N) is 1. The predicted octanol–water partition coefficient (Wildman–Crippen LogP) is 6.34. The molecule has 3 aromatic carbocycles. The molecule has 2 heterocycles. The minimum Gasteiger partial charge on any atom is -0.457 e. The van der Waals surface area contributed by atoms with Crippen LogP contribution in [0.15, 0.2) is 59.5 Å². The Bertz CT molecular complexity index is 1600. The molecule has 2 aliphatic rings. The van der Waals surface area contributed by atoms with Crippen molar-refractivity contribution in [1.29, 1.82) is 0 Å². The number of piperazine rings is 1. The summed E-state index contributed by atoms with van der Waals surface area (Å²) in [6.07, 6.45) is 2.74. The molecule has 0 spiro atoms. The summed E-state index contributed by atoms with van der Waals surface area (Å²) in [6, 6.07) is 16.1. The lowest BCUT2D eigenvalue weighted by Gasteiger charge is -2.35. The van der Waals surface area contributed by atoms with Crippen LogP contribution in [0, 0.1) is 13.8 Å². The first-order valence-corrected chi connectivity index (χ1v) is 17.0. The second kappa shape index (κ2) is 13.8. The van der Waals surface area contributed by atoms with Crippen LogP contribution in [0.2, 0.25) is 5.02 Å². The van der Waals surface area contributed by atoms with Crippen LogP contribution in [0.25, 0.3) is 0 Å². The Morgan fingerprint density at radius 1 is 0.909 bits per heavy atom. The molecule has 2 fully saturated rings. The third kappa shape index (κ3) is 7.48. The zero-order chi connectivity index (χ0) is 31.4. The Morgan fingerprint density at radius 2 is 1.64 bits per heavy atom. The lowest BCUT2D eigenvalue weighted by molar-refractivity contribution is 0.220. The maximum Gasteiger partial charge on any atom is 0.321 e. The van der Waals surface area contributed by atoms with Gasteiger partial charge in [-0.1, -0.05) is 41.8 Å². The van der Waals surface area contributed by atoms with E-state index in [9.17, 15) is 13.2 Å². The molecule has 0 aromatic heterocycles. The quantitative estimate of drug-likeness (QED) is 0.310. The molecule has 0 bridgehead atoms. The van der Waals surface area contributed by atoms with E-state index in [0.717, 1.165) is 73.6 Å². The molecule has 2 aliphatic heterocycles. The van der Waals surface area contributed by atoms with Gasteiger partial charge >= 0.3 is 6.03 Å². The molecule has 9 nitrogen and oxygen atoms in total. The van der Waals surface area contributed by atoms with Gasteiger partial charge in [0.25, 0.3) is 0 Å². The number of rotatable bonds is 8. The summed E-state index contributed by atoms with van der Waals surface area (Å²) in [5.41, 5.74) is 4.21. The highest BCUT2D eigenvalue weighted by Crippen LogP contribution is 2.34. The van der Waals surface area contributed by atoms with Crippen molar-refractivity contribution < 1.29 is 17.9 Å². The van der Waals surface area contributed by atoms with Gasteiger partial charge in [-0.15, -0.1) is 0 Å². The highest BCUT2D eigenvalue weighted by atomic mass is 35.5. The highest BCUT2D eigenvalue weighted by Gasteiger charge is 2.28. The van der Waals surface area contributed by atoms with E-state index in [1.807, 2.05) is 38.1 Å². The lowest BCUT2D eigenvalue weighted by Crippen LogP contribution is -2.45. The summed E-state index contributed by atoms with van der Waals surface area (Å²) in [5, 5.41) is 3.56. The Hall–Kier alpha value is -3.31. The van der Waals surface area contributed by atoms with Gasteiger partial charge in [0.2, 0.25) is 10.0 Å². The third-order valence-corrected chi connectivity index (χ3v) is 10.5. The lowest BCUT2D eigenvalue weighted by atomic mass is 10.1. The van der Waals surface area contributed by atoms with Gasteiger partial charge < -0.3 is 24.8 Å². The highest BCUT2D eigenvalue weighted by molar-refractivity contribution is 7.89. The first kappa shape index (κ1) is 32.1. The van der Waals surface area contributed by atoms with Crippen LogP contribution in [0.4, 0.5) is 16.2 Å². The van der Waals surface area contributed by atoms with Crippen molar-refractivity contribution in [3.8, 4) is 11.5 Å². The van der Waals surface area contributed by atoms with Crippen LogP contribution in [-0.4, -0.2) is 81.9 Å². The van der Waals surface area contributed by atoms with E-state index in [1.54, 1.807) is 40.5 Å². The Labute approximate surface area is 266 Å². The predicted molar refractivity (Wildman–Crippen MR) is 177 cm³/mol. The van der Waals surface area contributed by atoms with Crippen LogP contribution in [0.1, 0.15) is 36.0 Å². The topological polar surface area (TPSA) is 85.4 Å². The molecule has 3 aromatic rings. The van der Waals surface area contributed by atoms with E-state index in [-0.39, 0.29) is 17.5 Å².